The van der Waals surface area contributed by atoms with E-state index in [2.05, 4.69) is 23.4 Å². The highest BCUT2D eigenvalue weighted by molar-refractivity contribution is 6.30. The summed E-state index contributed by atoms with van der Waals surface area (Å²) in [5, 5.41) is 0.764. The van der Waals surface area contributed by atoms with Gasteiger partial charge in [0.2, 0.25) is 5.15 Å². The molecule has 0 bridgehead atoms. The number of rotatable bonds is 1. The van der Waals surface area contributed by atoms with E-state index in [0.29, 0.717) is 5.92 Å². The lowest BCUT2D eigenvalue weighted by Crippen LogP contribution is -2.34. The number of aromatic nitrogens is 2. The van der Waals surface area contributed by atoms with Crippen LogP contribution >= 0.6 is 11.6 Å². The first-order chi connectivity index (χ1) is 5.04. The normalized spacial score (nSPS) is 11.1. The van der Waals surface area contributed by atoms with Gasteiger partial charge in [0.05, 0.1) is 7.05 Å². The second kappa shape index (κ2) is 2.86. The summed E-state index contributed by atoms with van der Waals surface area (Å²) in [5.41, 5.74) is 1.17. The maximum Gasteiger partial charge on any atom is 0.252 e. The van der Waals surface area contributed by atoms with E-state index in [1.807, 2.05) is 14.0 Å². The summed E-state index contributed by atoms with van der Waals surface area (Å²) in [4.78, 5) is 3.09. The van der Waals surface area contributed by atoms with Crippen LogP contribution in [0, 0.1) is 6.92 Å². The lowest BCUT2D eigenvalue weighted by Gasteiger charge is -1.99. The molecule has 0 unspecified atom stereocenters. The van der Waals surface area contributed by atoms with Crippen molar-refractivity contribution in [3.8, 4) is 0 Å². The summed E-state index contributed by atoms with van der Waals surface area (Å²) in [5.74, 6) is 1.57. The Morgan fingerprint density at radius 2 is 2.00 bits per heavy atom. The number of hydrogen-bond donors (Lipinski definition) is 1. The molecule has 0 aliphatic rings. The van der Waals surface area contributed by atoms with Gasteiger partial charge >= 0.3 is 0 Å². The second-order valence-corrected chi connectivity index (χ2v) is 3.50. The molecule has 3 heteroatoms. The average Bonchev–Trinajstić information content (AvgIpc) is 2.07. The summed E-state index contributed by atoms with van der Waals surface area (Å²) >= 11 is 5.97. The molecule has 0 radical (unpaired) electrons. The molecule has 1 heterocycles. The summed E-state index contributed by atoms with van der Waals surface area (Å²) < 4.78 is 2.09. The molecule has 0 saturated carbocycles. The molecule has 0 aliphatic carbocycles. The molecule has 0 amide bonds. The van der Waals surface area contributed by atoms with Gasteiger partial charge in [-0.2, -0.15) is 0 Å². The zero-order valence-electron chi connectivity index (χ0n) is 7.40. The van der Waals surface area contributed by atoms with Crippen LogP contribution in [-0.4, -0.2) is 4.98 Å². The van der Waals surface area contributed by atoms with E-state index >= 15 is 0 Å². The van der Waals surface area contributed by atoms with E-state index in [1.54, 1.807) is 0 Å². The summed E-state index contributed by atoms with van der Waals surface area (Å²) in [7, 11) is 2.02. The van der Waals surface area contributed by atoms with Crippen molar-refractivity contribution in [3.05, 3.63) is 16.7 Å². The van der Waals surface area contributed by atoms with Crippen molar-refractivity contribution in [3.63, 3.8) is 0 Å². The molecule has 0 aliphatic heterocycles. The highest BCUT2D eigenvalue weighted by Gasteiger charge is 2.19. The third-order valence-corrected chi connectivity index (χ3v) is 2.21. The number of nitrogens with one attached hydrogen (secondary N) is 1. The van der Waals surface area contributed by atoms with Crippen LogP contribution in [0.2, 0.25) is 5.15 Å². The van der Waals surface area contributed by atoms with Gasteiger partial charge in [0.1, 0.15) is 0 Å². The number of H-pyrrole nitrogens is 1. The van der Waals surface area contributed by atoms with Crippen molar-refractivity contribution in [2.24, 2.45) is 7.05 Å². The van der Waals surface area contributed by atoms with Gasteiger partial charge in [-0.15, -0.1) is 0 Å². The van der Waals surface area contributed by atoms with Crippen molar-refractivity contribution in [1.29, 1.82) is 0 Å². The Hall–Kier alpha value is -0.500. The number of hydrogen-bond acceptors (Lipinski definition) is 0. The van der Waals surface area contributed by atoms with Gasteiger partial charge in [0, 0.05) is 12.8 Å². The maximum absolute atomic E-state index is 5.97. The lowest BCUT2D eigenvalue weighted by atomic mass is 10.1. The third kappa shape index (κ3) is 1.41. The molecule has 2 nitrogen and oxygen atoms in total. The Balaban J connectivity index is 3.22. The van der Waals surface area contributed by atoms with Crippen LogP contribution in [0.3, 0.4) is 0 Å². The fraction of sp³-hybridized carbons (Fsp3) is 0.625. The van der Waals surface area contributed by atoms with Gasteiger partial charge in [0.15, 0.2) is 5.69 Å². The molecule has 0 spiro atoms. The molecule has 62 valence electrons. The minimum Gasteiger partial charge on any atom is -0.233 e. The molecule has 1 aromatic heterocycles. The van der Waals surface area contributed by atoms with Gasteiger partial charge in [-0.3, -0.25) is 0 Å². The van der Waals surface area contributed by atoms with Gasteiger partial charge < -0.3 is 0 Å². The van der Waals surface area contributed by atoms with E-state index < -0.39 is 0 Å². The minimum absolute atomic E-state index is 0.470. The molecule has 1 aromatic rings. The smallest absolute Gasteiger partial charge is 0.233 e. The van der Waals surface area contributed by atoms with Gasteiger partial charge in [-0.25, -0.2) is 9.55 Å². The van der Waals surface area contributed by atoms with E-state index in [9.17, 15) is 0 Å². The van der Waals surface area contributed by atoms with Crippen LogP contribution in [0.1, 0.15) is 31.3 Å². The SMILES string of the molecule is Cc1[nH]c(Cl)c(C(C)C)[n+]1C. The largest absolute Gasteiger partial charge is 0.252 e. The predicted molar refractivity (Wildman–Crippen MR) is 45.8 cm³/mol. The van der Waals surface area contributed by atoms with Crippen LogP contribution < -0.4 is 4.57 Å². The van der Waals surface area contributed by atoms with Crippen LogP contribution in [0.25, 0.3) is 0 Å². The van der Waals surface area contributed by atoms with E-state index in [1.165, 1.54) is 5.69 Å². The van der Waals surface area contributed by atoms with Gasteiger partial charge in [0.25, 0.3) is 5.82 Å². The molecule has 0 atom stereocenters. The third-order valence-electron chi connectivity index (χ3n) is 1.93. The molecule has 0 saturated heterocycles. The van der Waals surface area contributed by atoms with E-state index in [0.717, 1.165) is 11.0 Å². The van der Waals surface area contributed by atoms with E-state index in [-0.39, 0.29) is 0 Å². The van der Waals surface area contributed by atoms with Crippen molar-refractivity contribution in [2.75, 3.05) is 0 Å². The summed E-state index contributed by atoms with van der Waals surface area (Å²) in [6.07, 6.45) is 0. The Labute approximate surface area is 72.2 Å². The maximum atomic E-state index is 5.97. The van der Waals surface area contributed by atoms with Crippen molar-refractivity contribution in [1.82, 2.24) is 4.98 Å². The molecule has 11 heavy (non-hydrogen) atoms. The summed E-state index contributed by atoms with van der Waals surface area (Å²) in [6.45, 7) is 6.28. The van der Waals surface area contributed by atoms with Crippen molar-refractivity contribution >= 4 is 11.6 Å². The number of aromatic amines is 1. The van der Waals surface area contributed by atoms with Gasteiger partial charge in [-0.05, 0) is 11.6 Å². The number of nitrogens with zero attached hydrogens (tertiary/aromatic N) is 1. The molecular weight excluding hydrogens is 160 g/mol. The second-order valence-electron chi connectivity index (χ2n) is 3.12. The fourth-order valence-electron chi connectivity index (χ4n) is 1.28. The van der Waals surface area contributed by atoms with Crippen LogP contribution in [0.5, 0.6) is 0 Å². The molecule has 1 rings (SSSR count). The fourth-order valence-corrected chi connectivity index (χ4v) is 1.76. The first-order valence-corrected chi connectivity index (χ1v) is 4.15. The topological polar surface area (TPSA) is 19.7 Å². The Kier molecular flexibility index (Phi) is 2.23. The summed E-state index contributed by atoms with van der Waals surface area (Å²) in [6, 6.07) is 0. The predicted octanol–water partition coefficient (Wildman–Crippen LogP) is 1.92. The number of imidazole rings is 1. The Morgan fingerprint density at radius 1 is 1.45 bits per heavy atom. The quantitative estimate of drug-likeness (QED) is 0.627. The highest BCUT2D eigenvalue weighted by atomic mass is 35.5. The molecule has 0 fully saturated rings. The van der Waals surface area contributed by atoms with Crippen LogP contribution in [0.4, 0.5) is 0 Å². The Bertz CT molecular complexity index is 263. The number of aryl methyl sites for hydroxylation is 1. The van der Waals surface area contributed by atoms with Crippen molar-refractivity contribution in [2.45, 2.75) is 26.7 Å². The zero-order valence-corrected chi connectivity index (χ0v) is 8.16. The first kappa shape index (κ1) is 8.60. The average molecular weight is 174 g/mol. The zero-order chi connectivity index (χ0) is 8.59. The Morgan fingerprint density at radius 3 is 2.18 bits per heavy atom. The lowest BCUT2D eigenvalue weighted by molar-refractivity contribution is -0.684. The van der Waals surface area contributed by atoms with Gasteiger partial charge in [-0.1, -0.05) is 13.8 Å². The minimum atomic E-state index is 0.470. The standard InChI is InChI=1S/C8H13ClN2/c1-5(2)7-8(9)10-6(3)11(7)4/h5H,1-4H3/p+1. The molecule has 0 aromatic carbocycles. The molecule has 1 N–H and O–H groups in total. The number of halogens is 1. The monoisotopic (exact) mass is 173 g/mol. The van der Waals surface area contributed by atoms with Crippen LogP contribution in [0.15, 0.2) is 0 Å². The highest BCUT2D eigenvalue weighted by Crippen LogP contribution is 2.18. The van der Waals surface area contributed by atoms with Crippen molar-refractivity contribution < 1.29 is 4.57 Å². The van der Waals surface area contributed by atoms with Crippen LogP contribution in [-0.2, 0) is 7.05 Å². The molecular formula is C8H14ClN2+. The van der Waals surface area contributed by atoms with E-state index in [4.69, 9.17) is 11.6 Å². The first-order valence-electron chi connectivity index (χ1n) is 3.78.